The van der Waals surface area contributed by atoms with E-state index in [2.05, 4.69) is 25.7 Å². The van der Waals surface area contributed by atoms with E-state index in [1.807, 2.05) is 20.8 Å². The number of carbonyl (C=O) groups is 1. The molecule has 3 N–H and O–H groups in total. The van der Waals surface area contributed by atoms with Crippen LogP contribution < -0.4 is 5.32 Å². The zero-order valence-corrected chi connectivity index (χ0v) is 19.7. The van der Waals surface area contributed by atoms with Crippen LogP contribution in [-0.2, 0) is 4.79 Å². The van der Waals surface area contributed by atoms with Gasteiger partial charge in [-0.05, 0) is 80.0 Å². The number of allylic oxidation sites excluding steroid dienone is 1. The number of hydrogen-bond acceptors (Lipinski definition) is 3. The van der Waals surface area contributed by atoms with Crippen LogP contribution >= 0.6 is 0 Å². The third kappa shape index (κ3) is 5.07. The Morgan fingerprint density at radius 3 is 2.31 bits per heavy atom. The van der Waals surface area contributed by atoms with Crippen molar-refractivity contribution in [1.82, 2.24) is 5.32 Å². The molecule has 0 spiro atoms. The quantitative estimate of drug-likeness (QED) is 0.581. The van der Waals surface area contributed by atoms with Gasteiger partial charge in [0.1, 0.15) is 0 Å². The molecular formula is C25H45NO3. The number of amides is 1. The second-order valence-electron chi connectivity index (χ2n) is 11.4. The molecule has 0 saturated heterocycles. The van der Waals surface area contributed by atoms with Crippen molar-refractivity contribution in [3.8, 4) is 0 Å². The molecule has 3 saturated carbocycles. The molecule has 3 aliphatic carbocycles. The Kier molecular flexibility index (Phi) is 7.65. The zero-order valence-electron chi connectivity index (χ0n) is 19.7. The molecule has 0 aromatic heterocycles. The standard InChI is InChI=1S/C19H32O2.C6H13NO/c1-13-4-5-14-10-15(6-8-18(13,14)2)19(3)9-7-17(21)11-16(19)12-20;1-6(2,3)5(8)7-4/h14-17,20-21H,1,4-12H2,2-3H3;1-4H3,(H,7,8). The molecule has 0 aromatic carbocycles. The van der Waals surface area contributed by atoms with Gasteiger partial charge in [0.15, 0.2) is 0 Å². The summed E-state index contributed by atoms with van der Waals surface area (Å²) >= 11 is 0. The Morgan fingerprint density at radius 1 is 1.14 bits per heavy atom. The highest BCUT2D eigenvalue weighted by molar-refractivity contribution is 5.80. The van der Waals surface area contributed by atoms with Crippen LogP contribution in [0.25, 0.3) is 0 Å². The first-order chi connectivity index (χ1) is 13.4. The highest BCUT2D eigenvalue weighted by atomic mass is 16.3. The number of carbonyl (C=O) groups excluding carboxylic acids is 1. The number of aliphatic hydroxyl groups excluding tert-OH is 2. The van der Waals surface area contributed by atoms with E-state index in [1.165, 1.54) is 37.7 Å². The minimum Gasteiger partial charge on any atom is -0.396 e. The fraction of sp³-hybridized carbons (Fsp3) is 0.880. The Morgan fingerprint density at radius 2 is 1.79 bits per heavy atom. The largest absolute Gasteiger partial charge is 0.396 e. The van der Waals surface area contributed by atoms with Gasteiger partial charge < -0.3 is 15.5 Å². The van der Waals surface area contributed by atoms with Gasteiger partial charge in [0, 0.05) is 19.1 Å². The molecule has 6 unspecified atom stereocenters. The summed E-state index contributed by atoms with van der Waals surface area (Å²) in [5.41, 5.74) is 1.85. The maximum Gasteiger partial charge on any atom is 0.225 e. The molecule has 0 bridgehead atoms. The summed E-state index contributed by atoms with van der Waals surface area (Å²) in [5, 5.41) is 22.3. The van der Waals surface area contributed by atoms with Crippen LogP contribution in [-0.4, -0.2) is 35.9 Å². The Bertz CT molecular complexity index is 595. The van der Waals surface area contributed by atoms with Crippen LogP contribution in [0.3, 0.4) is 0 Å². The van der Waals surface area contributed by atoms with Crippen LogP contribution in [0.5, 0.6) is 0 Å². The molecule has 29 heavy (non-hydrogen) atoms. The van der Waals surface area contributed by atoms with Crippen molar-refractivity contribution < 1.29 is 15.0 Å². The van der Waals surface area contributed by atoms with E-state index >= 15 is 0 Å². The van der Waals surface area contributed by atoms with Gasteiger partial charge in [-0.25, -0.2) is 0 Å². The summed E-state index contributed by atoms with van der Waals surface area (Å²) in [6.45, 7) is 15.0. The predicted octanol–water partition coefficient (Wildman–Crippen LogP) is 4.70. The minimum atomic E-state index is -0.241. The number of hydrogen-bond donors (Lipinski definition) is 3. The van der Waals surface area contributed by atoms with Gasteiger partial charge in [-0.2, -0.15) is 0 Å². The van der Waals surface area contributed by atoms with Crippen molar-refractivity contribution in [2.24, 2.45) is 34.0 Å². The first kappa shape index (κ1) is 24.4. The van der Waals surface area contributed by atoms with Crippen LogP contribution in [0, 0.1) is 34.0 Å². The third-order valence-corrected chi connectivity index (χ3v) is 8.65. The third-order valence-electron chi connectivity index (χ3n) is 8.65. The first-order valence-electron chi connectivity index (χ1n) is 11.6. The zero-order chi connectivity index (χ0) is 22.0. The fourth-order valence-electron chi connectivity index (χ4n) is 6.13. The summed E-state index contributed by atoms with van der Waals surface area (Å²) in [6.07, 6.45) is 8.96. The number of fused-ring (bicyclic) bond motifs is 1. The summed E-state index contributed by atoms with van der Waals surface area (Å²) in [4.78, 5) is 10.7. The average molecular weight is 408 g/mol. The van der Waals surface area contributed by atoms with Crippen molar-refractivity contribution in [1.29, 1.82) is 0 Å². The second-order valence-corrected chi connectivity index (χ2v) is 11.4. The lowest BCUT2D eigenvalue weighted by Crippen LogP contribution is -2.46. The highest BCUT2D eigenvalue weighted by Gasteiger charge is 2.52. The summed E-state index contributed by atoms with van der Waals surface area (Å²) in [6, 6.07) is 0. The van der Waals surface area contributed by atoms with Crippen LogP contribution in [0.4, 0.5) is 0 Å². The number of nitrogens with one attached hydrogen (secondary N) is 1. The molecule has 4 nitrogen and oxygen atoms in total. The number of aliphatic hydroxyl groups is 2. The molecule has 168 valence electrons. The van der Waals surface area contributed by atoms with Crippen molar-refractivity contribution in [3.63, 3.8) is 0 Å². The van der Waals surface area contributed by atoms with E-state index < -0.39 is 0 Å². The molecule has 4 heteroatoms. The molecule has 1 amide bonds. The maximum absolute atomic E-state index is 10.7. The summed E-state index contributed by atoms with van der Waals surface area (Å²) in [5.74, 6) is 1.87. The van der Waals surface area contributed by atoms with Gasteiger partial charge in [-0.15, -0.1) is 0 Å². The fourth-order valence-corrected chi connectivity index (χ4v) is 6.13. The van der Waals surface area contributed by atoms with Crippen molar-refractivity contribution in [3.05, 3.63) is 12.2 Å². The van der Waals surface area contributed by atoms with Crippen LogP contribution in [0.15, 0.2) is 12.2 Å². The molecule has 0 aliphatic heterocycles. The van der Waals surface area contributed by atoms with Crippen molar-refractivity contribution >= 4 is 5.91 Å². The lowest BCUT2D eigenvalue weighted by Gasteiger charge is -2.52. The van der Waals surface area contributed by atoms with E-state index in [9.17, 15) is 15.0 Å². The number of rotatable bonds is 2. The van der Waals surface area contributed by atoms with E-state index in [-0.39, 0.29) is 35.4 Å². The predicted molar refractivity (Wildman–Crippen MR) is 119 cm³/mol. The maximum atomic E-state index is 10.7. The minimum absolute atomic E-state index is 0.0810. The molecule has 0 radical (unpaired) electrons. The molecule has 3 aliphatic rings. The van der Waals surface area contributed by atoms with Crippen LogP contribution in [0.2, 0.25) is 0 Å². The molecule has 3 fully saturated rings. The Balaban J connectivity index is 0.000000321. The van der Waals surface area contributed by atoms with Crippen molar-refractivity contribution in [2.75, 3.05) is 13.7 Å². The average Bonchev–Trinajstić information content (AvgIpc) is 2.97. The first-order valence-corrected chi connectivity index (χ1v) is 11.6. The van der Waals surface area contributed by atoms with Gasteiger partial charge in [0.25, 0.3) is 0 Å². The Hall–Kier alpha value is -0.870. The van der Waals surface area contributed by atoms with Gasteiger partial charge in [-0.3, -0.25) is 4.79 Å². The summed E-state index contributed by atoms with van der Waals surface area (Å²) < 4.78 is 0. The topological polar surface area (TPSA) is 69.6 Å². The molecular weight excluding hydrogens is 362 g/mol. The molecule has 3 rings (SSSR count). The second kappa shape index (κ2) is 9.09. The molecule has 0 aromatic rings. The van der Waals surface area contributed by atoms with E-state index in [0.29, 0.717) is 11.3 Å². The lowest BCUT2D eigenvalue weighted by atomic mass is 9.53. The summed E-state index contributed by atoms with van der Waals surface area (Å²) in [7, 11) is 1.65. The van der Waals surface area contributed by atoms with Gasteiger partial charge in [0.05, 0.1) is 6.10 Å². The van der Waals surface area contributed by atoms with Crippen LogP contribution in [0.1, 0.15) is 86.0 Å². The van der Waals surface area contributed by atoms with E-state index in [0.717, 1.165) is 25.2 Å². The van der Waals surface area contributed by atoms with Crippen molar-refractivity contribution in [2.45, 2.75) is 92.1 Å². The van der Waals surface area contributed by atoms with E-state index in [1.54, 1.807) is 7.05 Å². The molecule has 0 heterocycles. The highest BCUT2D eigenvalue weighted by Crippen LogP contribution is 2.61. The normalized spacial score (nSPS) is 39.9. The van der Waals surface area contributed by atoms with Gasteiger partial charge >= 0.3 is 0 Å². The molecule has 6 atom stereocenters. The Labute approximate surface area is 178 Å². The van der Waals surface area contributed by atoms with E-state index in [4.69, 9.17) is 0 Å². The lowest BCUT2D eigenvalue weighted by molar-refractivity contribution is -0.127. The van der Waals surface area contributed by atoms with Gasteiger partial charge in [0.2, 0.25) is 5.91 Å². The SMILES string of the molecule is C=C1CCC2CC(C3(C)CCC(O)CC3CO)CCC12C.CNC(=O)C(C)(C)C. The monoisotopic (exact) mass is 407 g/mol. The van der Waals surface area contributed by atoms with Gasteiger partial charge in [-0.1, -0.05) is 46.8 Å². The smallest absolute Gasteiger partial charge is 0.225 e.